The summed E-state index contributed by atoms with van der Waals surface area (Å²) in [6.07, 6.45) is 3.00. The minimum atomic E-state index is -0.600. The van der Waals surface area contributed by atoms with Crippen molar-refractivity contribution in [3.63, 3.8) is 0 Å². The Balaban J connectivity index is 3.95. The molecule has 1 amide bonds. The summed E-state index contributed by atoms with van der Waals surface area (Å²) in [5, 5.41) is 11.9. The molecule has 4 heteroatoms. The van der Waals surface area contributed by atoms with Gasteiger partial charge in [0.15, 0.2) is 0 Å². The minimum Gasteiger partial charge on any atom is -0.394 e. The number of hydrogen-bond donors (Lipinski definition) is 3. The van der Waals surface area contributed by atoms with Crippen LogP contribution in [0.2, 0.25) is 0 Å². The molecule has 4 nitrogen and oxygen atoms in total. The quantitative estimate of drug-likeness (QED) is 0.526. The molecule has 4 N–H and O–H groups in total. The zero-order valence-electron chi connectivity index (χ0n) is 8.42. The number of amides is 1. The Morgan fingerprint density at radius 2 is 2.15 bits per heavy atom. The largest absolute Gasteiger partial charge is 0.394 e. The van der Waals surface area contributed by atoms with Crippen LogP contribution in [-0.4, -0.2) is 29.7 Å². The first kappa shape index (κ1) is 12.4. The summed E-state index contributed by atoms with van der Waals surface area (Å²) in [4.78, 5) is 10.8. The lowest BCUT2D eigenvalue weighted by molar-refractivity contribution is -0.121. The van der Waals surface area contributed by atoms with E-state index in [-0.39, 0.29) is 12.6 Å². The number of rotatable bonds is 7. The van der Waals surface area contributed by atoms with Crippen molar-refractivity contribution < 1.29 is 9.90 Å². The summed E-state index contributed by atoms with van der Waals surface area (Å²) in [6, 6.07) is -0.328. The molecule has 2 unspecified atom stereocenters. The number of hydrogen-bond acceptors (Lipinski definition) is 3. The van der Waals surface area contributed by atoms with Gasteiger partial charge in [0.25, 0.3) is 0 Å². The van der Waals surface area contributed by atoms with Crippen LogP contribution in [0.3, 0.4) is 0 Å². The summed E-state index contributed by atoms with van der Waals surface area (Å²) in [5.41, 5.74) is 5.08. The Hall–Kier alpha value is -0.610. The van der Waals surface area contributed by atoms with Crippen molar-refractivity contribution in [3.8, 4) is 0 Å². The minimum absolute atomic E-state index is 0.227. The Morgan fingerprint density at radius 1 is 1.54 bits per heavy atom. The molecule has 0 heterocycles. The third-order valence-electron chi connectivity index (χ3n) is 2.09. The van der Waals surface area contributed by atoms with E-state index < -0.39 is 11.9 Å². The van der Waals surface area contributed by atoms with E-state index in [4.69, 9.17) is 10.8 Å². The van der Waals surface area contributed by atoms with Crippen LogP contribution in [0.5, 0.6) is 0 Å². The number of carbonyl (C=O) groups is 1. The Labute approximate surface area is 79.5 Å². The maximum absolute atomic E-state index is 10.8. The van der Waals surface area contributed by atoms with Gasteiger partial charge in [0.2, 0.25) is 5.91 Å². The maximum atomic E-state index is 10.8. The van der Waals surface area contributed by atoms with E-state index in [1.54, 1.807) is 0 Å². The van der Waals surface area contributed by atoms with E-state index in [0.29, 0.717) is 0 Å². The van der Waals surface area contributed by atoms with Crippen molar-refractivity contribution in [2.75, 3.05) is 6.61 Å². The molecule has 0 saturated carbocycles. The van der Waals surface area contributed by atoms with E-state index in [9.17, 15) is 4.79 Å². The van der Waals surface area contributed by atoms with E-state index in [2.05, 4.69) is 12.2 Å². The zero-order chi connectivity index (χ0) is 10.3. The number of carbonyl (C=O) groups excluding carboxylic acids is 1. The van der Waals surface area contributed by atoms with Gasteiger partial charge in [-0.2, -0.15) is 0 Å². The van der Waals surface area contributed by atoms with Crippen LogP contribution >= 0.6 is 0 Å². The molecule has 0 saturated heterocycles. The lowest BCUT2D eigenvalue weighted by atomic mass is 10.1. The van der Waals surface area contributed by atoms with Crippen molar-refractivity contribution in [2.24, 2.45) is 5.73 Å². The van der Waals surface area contributed by atoms with Crippen molar-refractivity contribution >= 4 is 5.91 Å². The number of aliphatic hydroxyl groups excluding tert-OH is 1. The van der Waals surface area contributed by atoms with E-state index in [1.165, 1.54) is 0 Å². The first-order chi connectivity index (χ1) is 6.15. The van der Waals surface area contributed by atoms with Crippen LogP contribution in [0.4, 0.5) is 0 Å². The first-order valence-corrected chi connectivity index (χ1v) is 4.81. The fourth-order valence-electron chi connectivity index (χ4n) is 1.26. The van der Waals surface area contributed by atoms with Crippen molar-refractivity contribution in [1.29, 1.82) is 0 Å². The fourth-order valence-corrected chi connectivity index (χ4v) is 1.26. The third-order valence-corrected chi connectivity index (χ3v) is 2.09. The second-order valence-electron chi connectivity index (χ2n) is 3.20. The van der Waals surface area contributed by atoms with Gasteiger partial charge in [0.05, 0.1) is 6.61 Å². The van der Waals surface area contributed by atoms with Crippen LogP contribution in [0.1, 0.15) is 33.1 Å². The molecule has 0 rings (SSSR count). The summed E-state index contributed by atoms with van der Waals surface area (Å²) in [6.45, 7) is 3.90. The van der Waals surface area contributed by atoms with Gasteiger partial charge < -0.3 is 16.2 Å². The normalized spacial score (nSPS) is 15.3. The van der Waals surface area contributed by atoms with Gasteiger partial charge in [0, 0.05) is 6.04 Å². The van der Waals surface area contributed by atoms with Gasteiger partial charge in [0.1, 0.15) is 6.04 Å². The molecule has 0 radical (unpaired) electrons. The molecule has 0 aromatic rings. The van der Waals surface area contributed by atoms with E-state index in [1.807, 2.05) is 6.92 Å². The molecule has 0 fully saturated rings. The average molecular weight is 188 g/mol. The van der Waals surface area contributed by atoms with Crippen molar-refractivity contribution in [1.82, 2.24) is 5.32 Å². The Morgan fingerprint density at radius 3 is 2.46 bits per heavy atom. The molecule has 0 spiro atoms. The second kappa shape index (κ2) is 6.86. The van der Waals surface area contributed by atoms with Crippen LogP contribution in [0.15, 0.2) is 0 Å². The molecule has 2 atom stereocenters. The summed E-state index contributed by atoms with van der Waals surface area (Å²) < 4.78 is 0. The molecule has 0 bridgehead atoms. The van der Waals surface area contributed by atoms with Crippen LogP contribution < -0.4 is 11.1 Å². The SMILES string of the molecule is CCCC(CC)NC(CO)C(N)=O. The van der Waals surface area contributed by atoms with E-state index in [0.717, 1.165) is 19.3 Å². The van der Waals surface area contributed by atoms with Gasteiger partial charge in [-0.25, -0.2) is 0 Å². The molecular formula is C9H20N2O2. The van der Waals surface area contributed by atoms with Gasteiger partial charge in [-0.15, -0.1) is 0 Å². The number of aliphatic hydroxyl groups is 1. The highest BCUT2D eigenvalue weighted by atomic mass is 16.3. The lowest BCUT2D eigenvalue weighted by Gasteiger charge is -2.20. The highest BCUT2D eigenvalue weighted by molar-refractivity contribution is 5.79. The van der Waals surface area contributed by atoms with Gasteiger partial charge in [-0.05, 0) is 12.8 Å². The lowest BCUT2D eigenvalue weighted by Crippen LogP contribution is -2.48. The number of nitrogens with two attached hydrogens (primary N) is 1. The second-order valence-corrected chi connectivity index (χ2v) is 3.20. The summed E-state index contributed by atoms with van der Waals surface area (Å²) >= 11 is 0. The monoisotopic (exact) mass is 188 g/mol. The molecule has 0 aromatic heterocycles. The fraction of sp³-hybridized carbons (Fsp3) is 0.889. The molecular weight excluding hydrogens is 168 g/mol. The molecule has 78 valence electrons. The Bertz CT molecular complexity index is 151. The molecule has 0 aliphatic carbocycles. The van der Waals surface area contributed by atoms with Gasteiger partial charge >= 0.3 is 0 Å². The summed E-state index contributed by atoms with van der Waals surface area (Å²) in [5.74, 6) is -0.489. The summed E-state index contributed by atoms with van der Waals surface area (Å²) in [7, 11) is 0. The first-order valence-electron chi connectivity index (χ1n) is 4.81. The topological polar surface area (TPSA) is 75.3 Å². The Kier molecular flexibility index (Phi) is 6.54. The predicted molar refractivity (Wildman–Crippen MR) is 52.2 cm³/mol. The van der Waals surface area contributed by atoms with Crippen LogP contribution in [0.25, 0.3) is 0 Å². The van der Waals surface area contributed by atoms with E-state index >= 15 is 0 Å². The number of nitrogens with one attached hydrogen (secondary N) is 1. The smallest absolute Gasteiger partial charge is 0.236 e. The molecule has 0 aliphatic heterocycles. The molecule has 13 heavy (non-hydrogen) atoms. The van der Waals surface area contributed by atoms with Crippen LogP contribution in [-0.2, 0) is 4.79 Å². The molecule has 0 aliphatic rings. The third kappa shape index (κ3) is 4.85. The average Bonchev–Trinajstić information content (AvgIpc) is 2.11. The standard InChI is InChI=1S/C9H20N2O2/c1-3-5-7(4-2)11-8(6-12)9(10)13/h7-8,11-12H,3-6H2,1-2H3,(H2,10,13). The molecule has 0 aromatic carbocycles. The van der Waals surface area contributed by atoms with Crippen LogP contribution in [0, 0.1) is 0 Å². The van der Waals surface area contributed by atoms with Crippen molar-refractivity contribution in [3.05, 3.63) is 0 Å². The highest BCUT2D eigenvalue weighted by Crippen LogP contribution is 2.01. The maximum Gasteiger partial charge on any atom is 0.236 e. The zero-order valence-corrected chi connectivity index (χ0v) is 8.42. The highest BCUT2D eigenvalue weighted by Gasteiger charge is 2.16. The number of primary amides is 1. The van der Waals surface area contributed by atoms with Gasteiger partial charge in [-0.3, -0.25) is 4.79 Å². The van der Waals surface area contributed by atoms with Gasteiger partial charge in [-0.1, -0.05) is 20.3 Å². The van der Waals surface area contributed by atoms with Crippen molar-refractivity contribution in [2.45, 2.75) is 45.2 Å². The predicted octanol–water partition coefficient (Wildman–Crippen LogP) is 0.000900.